The molecule has 0 aromatic heterocycles. The number of amides is 2. The number of nitrogens with one attached hydrogen (secondary N) is 2. The van der Waals surface area contributed by atoms with Crippen LogP contribution in [-0.2, 0) is 29.6 Å². The number of carbonyl (C=O) groups is 2. The Morgan fingerprint density at radius 2 is 0.969 bits per heavy atom. The Hall–Kier alpha value is -4.72. The van der Waals surface area contributed by atoms with Gasteiger partial charge in [-0.15, -0.1) is 0 Å². The van der Waals surface area contributed by atoms with Gasteiger partial charge in [-0.3, -0.25) is 24.1 Å². The van der Waals surface area contributed by atoms with Crippen LogP contribution < -0.4 is 24.0 Å². The van der Waals surface area contributed by atoms with Crippen molar-refractivity contribution in [1.82, 2.24) is 4.72 Å². The number of ether oxygens (including phenoxy) is 1. The fraction of sp³-hybridized carbons (Fsp3) is 0.490. The standard InChI is InChI=1S/C26H36N2O4S.C25H34N2O3S/c1-3-4-5-9-20-33(30,31)27-22-12-14-23(15-13-22)28(24-16-18-25(32-2)19-17-24)26(29)21-10-7-6-8-11-21;1-2-3-4-11-20-31(29,30)26-22-18-16-21(17-19-22)25(28)27(23-12-7-5-8-13-23)24-14-9-6-10-15-24/h12-19,21,27H,3-11,20H2,1-2H3;5-10,12-15,21-22,26H,2-4,11,16-20H2,1H3. The highest BCUT2D eigenvalue weighted by atomic mass is 32.2. The van der Waals surface area contributed by atoms with Gasteiger partial charge in [0.2, 0.25) is 31.9 Å². The number of rotatable bonds is 21. The van der Waals surface area contributed by atoms with E-state index in [9.17, 15) is 26.4 Å². The Balaban J connectivity index is 0.000000241. The third-order valence-electron chi connectivity index (χ3n) is 12.1. The largest absolute Gasteiger partial charge is 0.497 e. The van der Waals surface area contributed by atoms with Crippen molar-refractivity contribution in [3.8, 4) is 5.75 Å². The number of carbonyl (C=O) groups excluding carboxylic acids is 2. The van der Waals surface area contributed by atoms with Crippen molar-refractivity contribution in [1.29, 1.82) is 0 Å². The van der Waals surface area contributed by atoms with Crippen molar-refractivity contribution in [2.24, 2.45) is 11.8 Å². The topological polar surface area (TPSA) is 142 Å². The second-order valence-corrected chi connectivity index (χ2v) is 20.8. The molecule has 2 aliphatic carbocycles. The molecule has 0 saturated heterocycles. The van der Waals surface area contributed by atoms with Gasteiger partial charge < -0.3 is 4.74 Å². The highest BCUT2D eigenvalue weighted by molar-refractivity contribution is 7.92. The van der Waals surface area contributed by atoms with Crippen LogP contribution in [0.4, 0.5) is 28.4 Å². The van der Waals surface area contributed by atoms with Crippen LogP contribution in [0.15, 0.2) is 109 Å². The monoisotopic (exact) mass is 914 g/mol. The zero-order valence-electron chi connectivity index (χ0n) is 38.1. The van der Waals surface area contributed by atoms with Gasteiger partial charge in [-0.2, -0.15) is 0 Å². The predicted molar refractivity (Wildman–Crippen MR) is 262 cm³/mol. The lowest BCUT2D eigenvalue weighted by atomic mass is 9.85. The molecule has 11 nitrogen and oxygen atoms in total. The molecule has 2 amide bonds. The Kier molecular flexibility index (Phi) is 20.2. The van der Waals surface area contributed by atoms with Crippen LogP contribution in [0, 0.1) is 11.8 Å². The van der Waals surface area contributed by atoms with Crippen LogP contribution in [0.3, 0.4) is 0 Å². The van der Waals surface area contributed by atoms with Crippen LogP contribution in [0.5, 0.6) is 5.75 Å². The molecule has 0 unspecified atom stereocenters. The quantitative estimate of drug-likeness (QED) is 0.0793. The SMILES string of the molecule is CCCCCCS(=O)(=O)NC1CCC(C(=O)N(c2ccccc2)c2ccccc2)CC1.CCCCCCS(=O)(=O)Nc1ccc(N(C(=O)C2CCCCC2)c2ccc(OC)cc2)cc1. The third kappa shape index (κ3) is 15.8. The lowest BCUT2D eigenvalue weighted by Crippen LogP contribution is -2.42. The first-order valence-corrected chi connectivity index (χ1v) is 26.8. The van der Waals surface area contributed by atoms with Gasteiger partial charge in [-0.25, -0.2) is 21.6 Å². The summed E-state index contributed by atoms with van der Waals surface area (Å²) in [5.41, 5.74) is 3.72. The maximum Gasteiger partial charge on any atom is 0.234 e. The van der Waals surface area contributed by atoms with Gasteiger partial charge in [0.05, 0.1) is 18.6 Å². The average Bonchev–Trinajstić information content (AvgIpc) is 3.31. The van der Waals surface area contributed by atoms with E-state index in [0.717, 1.165) is 92.7 Å². The van der Waals surface area contributed by atoms with E-state index < -0.39 is 20.0 Å². The lowest BCUT2D eigenvalue weighted by Gasteiger charge is -2.32. The van der Waals surface area contributed by atoms with E-state index in [1.165, 1.54) is 6.42 Å². The number of para-hydroxylation sites is 2. The molecule has 0 heterocycles. The molecule has 6 rings (SSSR count). The molecule has 2 N–H and O–H groups in total. The summed E-state index contributed by atoms with van der Waals surface area (Å²) in [6, 6.07) is 33.9. The number of hydrogen-bond acceptors (Lipinski definition) is 7. The zero-order valence-corrected chi connectivity index (χ0v) is 39.8. The number of methoxy groups -OCH3 is 1. The van der Waals surface area contributed by atoms with Gasteiger partial charge in [0.25, 0.3) is 0 Å². The van der Waals surface area contributed by atoms with Crippen LogP contribution in [0.25, 0.3) is 0 Å². The van der Waals surface area contributed by atoms with E-state index in [4.69, 9.17) is 4.74 Å². The summed E-state index contributed by atoms with van der Waals surface area (Å²) >= 11 is 0. The molecular formula is C51H70N4O7S2. The molecule has 0 radical (unpaired) electrons. The fourth-order valence-electron chi connectivity index (χ4n) is 8.53. The maximum atomic E-state index is 13.5. The molecule has 0 bridgehead atoms. The molecule has 4 aromatic rings. The summed E-state index contributed by atoms with van der Waals surface area (Å²) in [7, 11) is -5.02. The summed E-state index contributed by atoms with van der Waals surface area (Å²) in [5.74, 6) is 1.11. The Morgan fingerprint density at radius 3 is 1.44 bits per heavy atom. The molecule has 0 atom stereocenters. The molecule has 13 heteroatoms. The predicted octanol–water partition coefficient (Wildman–Crippen LogP) is 11.7. The van der Waals surface area contributed by atoms with Crippen LogP contribution in [-0.4, -0.2) is 53.3 Å². The Labute approximate surface area is 383 Å². The van der Waals surface area contributed by atoms with Gasteiger partial charge in [0.1, 0.15) is 5.75 Å². The molecule has 0 aliphatic heterocycles. The molecule has 2 fully saturated rings. The number of benzene rings is 4. The van der Waals surface area contributed by atoms with Crippen molar-refractivity contribution in [2.45, 2.75) is 129 Å². The number of hydrogen-bond donors (Lipinski definition) is 2. The summed E-state index contributed by atoms with van der Waals surface area (Å²) in [4.78, 5) is 30.5. The van der Waals surface area contributed by atoms with E-state index in [-0.39, 0.29) is 41.2 Å². The van der Waals surface area contributed by atoms with Gasteiger partial charge in [-0.1, -0.05) is 108 Å². The van der Waals surface area contributed by atoms with Gasteiger partial charge >= 0.3 is 0 Å². The summed E-state index contributed by atoms with van der Waals surface area (Å²) in [6.45, 7) is 4.21. The van der Waals surface area contributed by atoms with Gasteiger partial charge in [0.15, 0.2) is 0 Å². The van der Waals surface area contributed by atoms with Crippen molar-refractivity contribution in [3.63, 3.8) is 0 Å². The number of sulfonamides is 2. The molecular weight excluding hydrogens is 845 g/mol. The smallest absolute Gasteiger partial charge is 0.234 e. The minimum Gasteiger partial charge on any atom is -0.497 e. The van der Waals surface area contributed by atoms with E-state index in [2.05, 4.69) is 23.3 Å². The molecule has 2 saturated carbocycles. The van der Waals surface area contributed by atoms with Crippen molar-refractivity contribution in [2.75, 3.05) is 33.1 Å². The van der Waals surface area contributed by atoms with E-state index in [1.807, 2.05) is 84.9 Å². The Morgan fingerprint density at radius 1 is 0.531 bits per heavy atom. The number of anilines is 5. The average molecular weight is 915 g/mol. The lowest BCUT2D eigenvalue weighted by molar-refractivity contribution is -0.123. The third-order valence-corrected chi connectivity index (χ3v) is 15.0. The molecule has 4 aromatic carbocycles. The number of unbranched alkanes of at least 4 members (excludes halogenated alkanes) is 6. The Bertz CT molecular complexity index is 2170. The van der Waals surface area contributed by atoms with E-state index in [1.54, 1.807) is 41.2 Å². The highest BCUT2D eigenvalue weighted by Gasteiger charge is 2.33. The van der Waals surface area contributed by atoms with Crippen LogP contribution in [0.1, 0.15) is 123 Å². The first-order chi connectivity index (χ1) is 30.9. The van der Waals surface area contributed by atoms with Crippen LogP contribution >= 0.6 is 0 Å². The second kappa shape index (κ2) is 25.7. The summed E-state index contributed by atoms with van der Waals surface area (Å²) < 4.78 is 60.3. The normalized spacial score (nSPS) is 16.8. The molecule has 64 heavy (non-hydrogen) atoms. The zero-order chi connectivity index (χ0) is 45.8. The molecule has 2 aliphatic rings. The minimum atomic E-state index is -3.39. The van der Waals surface area contributed by atoms with E-state index >= 15 is 0 Å². The summed E-state index contributed by atoms with van der Waals surface area (Å²) in [5, 5.41) is 0. The maximum absolute atomic E-state index is 13.5. The molecule has 348 valence electrons. The second-order valence-electron chi connectivity index (χ2n) is 17.1. The van der Waals surface area contributed by atoms with Crippen LogP contribution in [0.2, 0.25) is 0 Å². The fourth-order valence-corrected chi connectivity index (χ4v) is 11.2. The van der Waals surface area contributed by atoms with E-state index in [0.29, 0.717) is 44.2 Å². The highest BCUT2D eigenvalue weighted by Crippen LogP contribution is 2.35. The summed E-state index contributed by atoms with van der Waals surface area (Å²) in [6.07, 6.45) is 15.4. The van der Waals surface area contributed by atoms with Gasteiger partial charge in [0, 0.05) is 46.3 Å². The number of nitrogens with zero attached hydrogens (tertiary/aromatic N) is 2. The van der Waals surface area contributed by atoms with Gasteiger partial charge in [-0.05, 0) is 124 Å². The first kappa shape index (κ1) is 50.3. The van der Waals surface area contributed by atoms with Crippen molar-refractivity contribution in [3.05, 3.63) is 109 Å². The molecule has 0 spiro atoms. The minimum absolute atomic E-state index is 0.00199. The van der Waals surface area contributed by atoms with Crippen molar-refractivity contribution < 1.29 is 31.2 Å². The van der Waals surface area contributed by atoms with Crippen molar-refractivity contribution >= 4 is 60.3 Å². The first-order valence-electron chi connectivity index (χ1n) is 23.5.